The molecule has 4 aromatic rings. The first-order chi connectivity index (χ1) is 17.2. The number of fused-ring (bicyclic) bond motifs is 1. The Kier molecular flexibility index (Phi) is 10.6. The van der Waals surface area contributed by atoms with Crippen molar-refractivity contribution >= 4 is 23.4 Å². The van der Waals surface area contributed by atoms with Gasteiger partial charge in [0.1, 0.15) is 29.8 Å². The molecule has 6 heteroatoms. The molecule has 0 fully saturated rings. The minimum absolute atomic E-state index is 0. The minimum atomic E-state index is -0.621. The van der Waals surface area contributed by atoms with Gasteiger partial charge in [-0.25, -0.2) is 0 Å². The first-order valence-corrected chi connectivity index (χ1v) is 12.4. The molecule has 1 atom stereocenters. The second kappa shape index (κ2) is 13.8. The van der Waals surface area contributed by atoms with Crippen LogP contribution in [0.25, 0.3) is 33.4 Å². The van der Waals surface area contributed by atoms with Gasteiger partial charge in [0.05, 0.1) is 10.9 Å². The Morgan fingerprint density at radius 1 is 0.917 bits per heavy atom. The number of halogens is 1. The van der Waals surface area contributed by atoms with Crippen LogP contribution in [0.15, 0.2) is 88.1 Å². The maximum atomic E-state index is 13.6. The molecule has 1 unspecified atom stereocenters. The summed E-state index contributed by atoms with van der Waals surface area (Å²) in [7, 11) is 0. The van der Waals surface area contributed by atoms with Crippen molar-refractivity contribution in [2.24, 2.45) is 0 Å². The van der Waals surface area contributed by atoms with Crippen LogP contribution in [0.3, 0.4) is 0 Å². The van der Waals surface area contributed by atoms with Gasteiger partial charge in [-0.05, 0) is 30.7 Å². The van der Waals surface area contributed by atoms with E-state index in [1.807, 2.05) is 60.7 Å². The van der Waals surface area contributed by atoms with Crippen molar-refractivity contribution in [3.8, 4) is 28.2 Å². The van der Waals surface area contributed by atoms with E-state index in [1.54, 1.807) is 18.2 Å². The van der Waals surface area contributed by atoms with Crippen molar-refractivity contribution < 1.29 is 14.3 Å². The van der Waals surface area contributed by atoms with Crippen LogP contribution < -0.4 is 15.5 Å². The Morgan fingerprint density at radius 3 is 2.31 bits per heavy atom. The predicted octanol–water partition coefficient (Wildman–Crippen LogP) is 6.46. The summed E-state index contributed by atoms with van der Waals surface area (Å²) in [5, 5.41) is 14.0. The number of benzene rings is 3. The van der Waals surface area contributed by atoms with Gasteiger partial charge in [-0.15, -0.1) is 12.4 Å². The van der Waals surface area contributed by atoms with Crippen LogP contribution in [-0.2, 0) is 0 Å². The Bertz CT molecular complexity index is 1270. The smallest absolute Gasteiger partial charge is 0.201 e. The highest BCUT2D eigenvalue weighted by Crippen LogP contribution is 2.33. The molecule has 36 heavy (non-hydrogen) atoms. The van der Waals surface area contributed by atoms with Crippen LogP contribution >= 0.6 is 12.4 Å². The van der Waals surface area contributed by atoms with Gasteiger partial charge in [0.15, 0.2) is 0 Å². The Labute approximate surface area is 218 Å². The van der Waals surface area contributed by atoms with E-state index >= 15 is 0 Å². The van der Waals surface area contributed by atoms with Gasteiger partial charge in [-0.2, -0.15) is 0 Å². The van der Waals surface area contributed by atoms with Crippen LogP contribution in [0.1, 0.15) is 32.6 Å². The molecule has 0 aliphatic carbocycles. The van der Waals surface area contributed by atoms with E-state index in [9.17, 15) is 9.90 Å². The molecule has 0 saturated heterocycles. The molecule has 1 heterocycles. The maximum Gasteiger partial charge on any atom is 0.201 e. The van der Waals surface area contributed by atoms with Gasteiger partial charge >= 0.3 is 0 Å². The summed E-state index contributed by atoms with van der Waals surface area (Å²) >= 11 is 0. The predicted molar refractivity (Wildman–Crippen MR) is 149 cm³/mol. The van der Waals surface area contributed by atoms with Gasteiger partial charge in [0.2, 0.25) is 5.43 Å². The van der Waals surface area contributed by atoms with Crippen LogP contribution in [-0.4, -0.2) is 30.9 Å². The fourth-order valence-corrected chi connectivity index (χ4v) is 4.12. The zero-order valence-corrected chi connectivity index (χ0v) is 21.4. The van der Waals surface area contributed by atoms with Gasteiger partial charge in [0.25, 0.3) is 0 Å². The Balaban J connectivity index is 0.00000361. The molecule has 4 rings (SSSR count). The standard InChI is InChI=1S/C30H33NO4.ClH/c1-2-3-4-11-18-31-20-24(32)21-34-25-16-17-26-27(19-25)35-30(23-14-9-6-10-15-23)28(29(26)33)22-12-7-5-8-13-22;/h5-10,12-17,19,24,31-32H,2-4,11,18,20-21H2,1H3;1H. The van der Waals surface area contributed by atoms with Crippen LogP contribution in [0.4, 0.5) is 0 Å². The monoisotopic (exact) mass is 507 g/mol. The SMILES string of the molecule is CCCCCCNCC(O)COc1ccc2c(=O)c(-c3ccccc3)c(-c3ccccc3)oc2c1.Cl. The van der Waals surface area contributed by atoms with E-state index in [0.29, 0.717) is 34.6 Å². The van der Waals surface area contributed by atoms with Crippen LogP contribution in [0.5, 0.6) is 5.75 Å². The molecular weight excluding hydrogens is 474 g/mol. The summed E-state index contributed by atoms with van der Waals surface area (Å²) in [6, 6.07) is 24.4. The summed E-state index contributed by atoms with van der Waals surface area (Å²) in [6.45, 7) is 3.72. The number of ether oxygens (including phenoxy) is 1. The molecule has 0 radical (unpaired) electrons. The second-order valence-electron chi connectivity index (χ2n) is 8.75. The molecular formula is C30H34ClNO4. The number of hydrogen-bond donors (Lipinski definition) is 2. The highest BCUT2D eigenvalue weighted by atomic mass is 35.5. The molecule has 0 amide bonds. The molecule has 1 aromatic heterocycles. The van der Waals surface area contributed by atoms with Crippen molar-refractivity contribution in [2.45, 2.75) is 38.7 Å². The number of nitrogens with one attached hydrogen (secondary N) is 1. The quantitative estimate of drug-likeness (QED) is 0.215. The van der Waals surface area contributed by atoms with E-state index < -0.39 is 6.10 Å². The van der Waals surface area contributed by atoms with E-state index in [4.69, 9.17) is 9.15 Å². The Hall–Kier alpha value is -3.12. The zero-order valence-electron chi connectivity index (χ0n) is 20.6. The van der Waals surface area contributed by atoms with Gasteiger partial charge < -0.3 is 19.6 Å². The topological polar surface area (TPSA) is 71.7 Å². The number of unbranched alkanes of at least 4 members (excludes halogenated alkanes) is 3. The van der Waals surface area contributed by atoms with Crippen LogP contribution in [0, 0.1) is 0 Å². The second-order valence-corrected chi connectivity index (χ2v) is 8.75. The number of aliphatic hydroxyl groups excluding tert-OH is 1. The van der Waals surface area contributed by atoms with E-state index in [0.717, 1.165) is 24.1 Å². The lowest BCUT2D eigenvalue weighted by Crippen LogP contribution is -2.32. The zero-order chi connectivity index (χ0) is 24.5. The molecule has 2 N–H and O–H groups in total. The summed E-state index contributed by atoms with van der Waals surface area (Å²) < 4.78 is 12.1. The van der Waals surface area contributed by atoms with E-state index in [2.05, 4.69) is 12.2 Å². The molecule has 190 valence electrons. The molecule has 3 aromatic carbocycles. The maximum absolute atomic E-state index is 13.6. The van der Waals surface area contributed by atoms with Crippen molar-refractivity contribution in [1.29, 1.82) is 0 Å². The van der Waals surface area contributed by atoms with Gasteiger partial charge in [0, 0.05) is 18.2 Å². The lowest BCUT2D eigenvalue weighted by atomic mass is 9.98. The number of aliphatic hydroxyl groups is 1. The summed E-state index contributed by atoms with van der Waals surface area (Å²) in [6.07, 6.45) is 4.14. The molecule has 0 aliphatic heterocycles. The summed E-state index contributed by atoms with van der Waals surface area (Å²) in [4.78, 5) is 13.6. The van der Waals surface area contributed by atoms with Crippen molar-refractivity contribution in [2.75, 3.05) is 19.7 Å². The molecule has 0 bridgehead atoms. The number of rotatable bonds is 12. The van der Waals surface area contributed by atoms with Gasteiger partial charge in [-0.3, -0.25) is 4.79 Å². The fourth-order valence-electron chi connectivity index (χ4n) is 4.12. The van der Waals surface area contributed by atoms with Gasteiger partial charge in [-0.1, -0.05) is 86.8 Å². The van der Waals surface area contributed by atoms with Crippen molar-refractivity contribution in [3.05, 3.63) is 89.1 Å². The largest absolute Gasteiger partial charge is 0.491 e. The van der Waals surface area contributed by atoms with Crippen LogP contribution in [0.2, 0.25) is 0 Å². The lowest BCUT2D eigenvalue weighted by molar-refractivity contribution is 0.106. The fraction of sp³-hybridized carbons (Fsp3) is 0.300. The summed E-state index contributed by atoms with van der Waals surface area (Å²) in [5.74, 6) is 1.08. The third kappa shape index (κ3) is 6.97. The lowest BCUT2D eigenvalue weighted by Gasteiger charge is -2.14. The summed E-state index contributed by atoms with van der Waals surface area (Å²) in [5.41, 5.74) is 2.55. The highest BCUT2D eigenvalue weighted by Gasteiger charge is 2.18. The molecule has 0 spiro atoms. The Morgan fingerprint density at radius 2 is 1.61 bits per heavy atom. The van der Waals surface area contributed by atoms with Crippen molar-refractivity contribution in [3.63, 3.8) is 0 Å². The van der Waals surface area contributed by atoms with E-state index in [-0.39, 0.29) is 24.4 Å². The molecule has 0 aliphatic rings. The average Bonchev–Trinajstić information content (AvgIpc) is 2.90. The third-order valence-corrected chi connectivity index (χ3v) is 5.99. The van der Waals surface area contributed by atoms with E-state index in [1.165, 1.54) is 19.3 Å². The first kappa shape index (κ1) is 27.5. The van der Waals surface area contributed by atoms with Crippen molar-refractivity contribution in [1.82, 2.24) is 5.32 Å². The highest BCUT2D eigenvalue weighted by molar-refractivity contribution is 5.89. The first-order valence-electron chi connectivity index (χ1n) is 12.4. The molecule has 5 nitrogen and oxygen atoms in total. The third-order valence-electron chi connectivity index (χ3n) is 5.99. The molecule has 0 saturated carbocycles. The minimum Gasteiger partial charge on any atom is -0.491 e. The normalized spacial score (nSPS) is 11.7. The average molecular weight is 508 g/mol. The number of hydrogen-bond acceptors (Lipinski definition) is 5.